The highest BCUT2D eigenvalue weighted by Gasteiger charge is 2.31. The Balaban J connectivity index is 0.000000186. The minimum atomic E-state index is -4.38. The number of nitrogens with two attached hydrogens (primary N) is 2. The number of fused-ring (bicyclic) bond motifs is 2. The molecule has 394 valence electrons. The van der Waals surface area contributed by atoms with Crippen LogP contribution in [0.15, 0.2) is 128 Å². The van der Waals surface area contributed by atoms with Crippen molar-refractivity contribution in [3.63, 3.8) is 0 Å². The number of halogens is 6. The Morgan fingerprint density at radius 1 is 0.592 bits per heavy atom. The van der Waals surface area contributed by atoms with Crippen LogP contribution in [0, 0.1) is 0 Å². The van der Waals surface area contributed by atoms with Crippen LogP contribution < -0.4 is 35.8 Å². The van der Waals surface area contributed by atoms with Crippen molar-refractivity contribution >= 4 is 39.8 Å². The smallest absolute Gasteiger partial charge is 0.416 e. The molecule has 1 aliphatic heterocycles. The van der Waals surface area contributed by atoms with E-state index < -0.39 is 23.5 Å². The number of benzene rings is 4. The summed E-state index contributed by atoms with van der Waals surface area (Å²) in [7, 11) is 6.84. The van der Waals surface area contributed by atoms with Gasteiger partial charge < -0.3 is 35.4 Å². The van der Waals surface area contributed by atoms with E-state index in [1.807, 2.05) is 97.1 Å². The van der Waals surface area contributed by atoms with Crippen LogP contribution >= 0.6 is 0 Å². The zero-order valence-corrected chi connectivity index (χ0v) is 42.0. The molecule has 5 N–H and O–H groups in total. The normalized spacial score (nSPS) is 13.6. The Hall–Kier alpha value is -8.79. The predicted molar refractivity (Wildman–Crippen MR) is 275 cm³/mol. The quantitative estimate of drug-likeness (QED) is 0.0876. The lowest BCUT2D eigenvalue weighted by molar-refractivity contribution is -0.138. The van der Waals surface area contributed by atoms with Gasteiger partial charge in [-0.05, 0) is 102 Å². The number of ether oxygens (including phenoxy) is 4. The number of aryl methyl sites for hydroxylation is 1. The number of rotatable bonds is 14. The first kappa shape index (κ1) is 52.1. The second-order valence-electron chi connectivity index (χ2n) is 18.0. The van der Waals surface area contributed by atoms with E-state index in [4.69, 9.17) is 30.4 Å². The second kappa shape index (κ2) is 21.2. The monoisotopic (exact) mass is 1050 g/mol. The summed E-state index contributed by atoms with van der Waals surface area (Å²) in [6.07, 6.45) is 0.508. The maximum Gasteiger partial charge on any atom is 0.416 e. The van der Waals surface area contributed by atoms with Crippen LogP contribution in [0.2, 0.25) is 0 Å². The van der Waals surface area contributed by atoms with Gasteiger partial charge in [0.2, 0.25) is 11.9 Å². The third kappa shape index (κ3) is 11.2. The molecule has 16 nitrogen and oxygen atoms in total. The fourth-order valence-electron chi connectivity index (χ4n) is 8.70. The second-order valence-corrected chi connectivity index (χ2v) is 18.0. The molecule has 0 amide bonds. The van der Waals surface area contributed by atoms with E-state index in [0.29, 0.717) is 74.9 Å². The number of nitrogen functional groups attached to an aromatic ring is 2. The van der Waals surface area contributed by atoms with Gasteiger partial charge in [0.1, 0.15) is 24.2 Å². The van der Waals surface area contributed by atoms with Crippen LogP contribution in [0.1, 0.15) is 64.9 Å². The fourth-order valence-corrected chi connectivity index (χ4v) is 8.70. The first-order chi connectivity index (χ1) is 36.3. The number of nitrogens with zero attached hydrogens (tertiary/aromatic N) is 9. The molecule has 2 atom stereocenters. The Labute approximate surface area is 432 Å². The molecular weight excluding hydrogens is 995 g/mol. The van der Waals surface area contributed by atoms with Gasteiger partial charge in [-0.15, -0.1) is 0 Å². The Morgan fingerprint density at radius 2 is 1.05 bits per heavy atom. The Bertz CT molecular complexity index is 3550. The van der Waals surface area contributed by atoms with Crippen molar-refractivity contribution in [3.8, 4) is 34.1 Å². The maximum absolute atomic E-state index is 12.8. The number of imidazole rings is 2. The third-order valence-corrected chi connectivity index (χ3v) is 12.9. The molecule has 0 radical (unpaired) electrons. The summed E-state index contributed by atoms with van der Waals surface area (Å²) in [5.41, 5.74) is 24.0. The van der Waals surface area contributed by atoms with E-state index in [2.05, 4.69) is 30.5 Å². The van der Waals surface area contributed by atoms with Crippen molar-refractivity contribution in [2.45, 2.75) is 51.5 Å². The molecule has 0 aliphatic carbocycles. The molecule has 22 heteroatoms. The lowest BCUT2D eigenvalue weighted by Crippen LogP contribution is -2.23. The molecule has 0 saturated heterocycles. The largest absolute Gasteiger partial charge is 0.493 e. The van der Waals surface area contributed by atoms with Gasteiger partial charge in [0.25, 0.3) is 0 Å². The number of pyridine rings is 2. The van der Waals surface area contributed by atoms with Crippen molar-refractivity contribution in [2.75, 3.05) is 39.3 Å². The van der Waals surface area contributed by atoms with Gasteiger partial charge in [0, 0.05) is 62.1 Å². The van der Waals surface area contributed by atoms with E-state index in [0.717, 1.165) is 57.7 Å². The first-order valence-corrected chi connectivity index (χ1v) is 23.6. The first-order valence-electron chi connectivity index (χ1n) is 23.6. The lowest BCUT2D eigenvalue weighted by atomic mass is 10.1. The third-order valence-electron chi connectivity index (χ3n) is 12.9. The molecule has 76 heavy (non-hydrogen) atoms. The van der Waals surface area contributed by atoms with Crippen LogP contribution in [-0.2, 0) is 32.6 Å². The van der Waals surface area contributed by atoms with Gasteiger partial charge >= 0.3 is 12.4 Å². The minimum Gasteiger partial charge on any atom is -0.493 e. The number of aromatic nitrogens is 8. The molecule has 4 aromatic carbocycles. The van der Waals surface area contributed by atoms with Gasteiger partial charge in [-0.25, -0.2) is 25.4 Å². The Morgan fingerprint density at radius 3 is 1.46 bits per heavy atom. The summed E-state index contributed by atoms with van der Waals surface area (Å²) < 4.78 is 105. The number of hydrogen-bond acceptors (Lipinski definition) is 13. The number of hydrogen-bond donors (Lipinski definition) is 3. The van der Waals surface area contributed by atoms with Gasteiger partial charge in [-0.1, -0.05) is 36.4 Å². The number of methoxy groups -OCH3 is 2. The van der Waals surface area contributed by atoms with Gasteiger partial charge in [-0.2, -0.15) is 31.4 Å². The average Bonchev–Trinajstić information content (AvgIpc) is 4.22. The number of hydrazine groups is 1. The van der Waals surface area contributed by atoms with Crippen molar-refractivity contribution in [2.24, 2.45) is 7.05 Å². The highest BCUT2D eigenvalue weighted by molar-refractivity contribution is 5.81. The molecule has 5 aromatic heterocycles. The standard InChI is InChI=1S/C27H27F3N6O2.C27H25F3N6O2/c2*1-16(36-25-22(34-26(36)31)10-19(12-32-25)20-13-33-35(2)14-20)18-6-9-23(24(11-18)37-3)38-15-17-4-7-21(8-5-17)27(28,29)30/h4-12,14,16,33H,13,15H2,1-3H3,(H2,31,34);4-14,16H,15H2,1-3H3,(H2,31,34)/t2*16-/m01/s1. The van der Waals surface area contributed by atoms with E-state index >= 15 is 0 Å². The highest BCUT2D eigenvalue weighted by atomic mass is 19.4. The minimum absolute atomic E-state index is 0.0890. The predicted octanol–water partition coefficient (Wildman–Crippen LogP) is 10.6. The van der Waals surface area contributed by atoms with Crippen molar-refractivity contribution in [3.05, 3.63) is 167 Å². The van der Waals surface area contributed by atoms with E-state index in [9.17, 15) is 26.3 Å². The molecule has 0 fully saturated rings. The van der Waals surface area contributed by atoms with E-state index in [-0.39, 0.29) is 25.3 Å². The van der Waals surface area contributed by atoms with Crippen LogP contribution in [0.5, 0.6) is 23.0 Å². The molecule has 1 aliphatic rings. The SMILES string of the molecule is COc1cc([C@@H](C)n2c(N)nc3cc(-c4cnn(C)c4)cnc32)ccc1OCc1ccc(C(F)(F)F)cc1.COc1cc([C@H](C)n2c(N)nc3cc(C4=CN(C)NC4)cnc32)ccc1OCc1ccc(C(F)(F)F)cc1. The number of alkyl halides is 6. The molecule has 0 unspecified atom stereocenters. The topological polar surface area (TPSA) is 183 Å². The van der Waals surface area contributed by atoms with Crippen molar-refractivity contribution in [1.29, 1.82) is 0 Å². The summed E-state index contributed by atoms with van der Waals surface area (Å²) in [4.78, 5) is 18.4. The number of nitrogens with one attached hydrogen (secondary N) is 1. The maximum atomic E-state index is 12.8. The molecule has 0 saturated carbocycles. The van der Waals surface area contributed by atoms with Gasteiger partial charge in [-0.3, -0.25) is 13.8 Å². The van der Waals surface area contributed by atoms with Gasteiger partial charge in [0.15, 0.2) is 34.3 Å². The Kier molecular flexibility index (Phi) is 14.5. The lowest BCUT2D eigenvalue weighted by Gasteiger charge is -2.18. The molecule has 0 spiro atoms. The molecule has 9 aromatic rings. The molecule has 10 rings (SSSR count). The summed E-state index contributed by atoms with van der Waals surface area (Å²) in [5.74, 6) is 2.57. The zero-order valence-electron chi connectivity index (χ0n) is 42.0. The zero-order chi connectivity index (χ0) is 54.1. The van der Waals surface area contributed by atoms with Crippen molar-refractivity contribution < 1.29 is 45.3 Å². The van der Waals surface area contributed by atoms with Crippen LogP contribution in [0.25, 0.3) is 39.0 Å². The fraction of sp³-hybridized carbons (Fsp3) is 0.241. The molecular formula is C54H52F6N12O4. The highest BCUT2D eigenvalue weighted by Crippen LogP contribution is 2.38. The number of anilines is 2. The summed E-state index contributed by atoms with van der Waals surface area (Å²) in [6.45, 7) is 4.86. The van der Waals surface area contributed by atoms with Crippen molar-refractivity contribution in [1.82, 2.24) is 49.3 Å². The summed E-state index contributed by atoms with van der Waals surface area (Å²) in [5, 5.41) is 6.11. The molecule has 0 bridgehead atoms. The average molecular weight is 1050 g/mol. The van der Waals surface area contributed by atoms with Crippen LogP contribution in [0.3, 0.4) is 0 Å². The van der Waals surface area contributed by atoms with Gasteiger partial charge in [0.05, 0.1) is 43.6 Å². The van der Waals surface area contributed by atoms with E-state index in [1.54, 1.807) is 29.2 Å². The van der Waals surface area contributed by atoms with Crippen LogP contribution in [0.4, 0.5) is 38.2 Å². The molecule has 6 heterocycles. The van der Waals surface area contributed by atoms with E-state index in [1.165, 1.54) is 38.5 Å². The summed E-state index contributed by atoms with van der Waals surface area (Å²) >= 11 is 0. The summed E-state index contributed by atoms with van der Waals surface area (Å²) in [6, 6.07) is 24.2. The van der Waals surface area contributed by atoms with Crippen LogP contribution in [-0.4, -0.2) is 71.7 Å².